The lowest BCUT2D eigenvalue weighted by Crippen LogP contribution is -2.49. The van der Waals surface area contributed by atoms with E-state index in [1.165, 1.54) is 6.42 Å². The van der Waals surface area contributed by atoms with Crippen LogP contribution in [0, 0.1) is 11.8 Å². The second-order valence-electron chi connectivity index (χ2n) is 5.77. The number of carbonyl (C=O) groups excluding carboxylic acids is 1. The lowest BCUT2D eigenvalue weighted by molar-refractivity contribution is 0.0450. The fraction of sp³-hybridized carbons (Fsp3) is 0.600. The third-order valence-electron chi connectivity index (χ3n) is 4.14. The van der Waals surface area contributed by atoms with Crippen molar-refractivity contribution in [2.45, 2.75) is 39.8 Å². The van der Waals surface area contributed by atoms with Gasteiger partial charge in [-0.25, -0.2) is 0 Å². The van der Waals surface area contributed by atoms with E-state index in [4.69, 9.17) is 5.73 Å². The van der Waals surface area contributed by atoms with E-state index < -0.39 is 0 Å². The van der Waals surface area contributed by atoms with Crippen LogP contribution in [0.2, 0.25) is 0 Å². The molecule has 1 fully saturated rings. The van der Waals surface area contributed by atoms with E-state index in [-0.39, 0.29) is 11.9 Å². The Bertz CT molecular complexity index is 443. The standard InChI is InChI=1S/C15H23N3O/c1-10-6-11(2)12(3)18(9-10)15(19)14-5-4-13(7-16)8-17-14/h4-5,8,10-12H,6-7,9,16H2,1-3H3. The quantitative estimate of drug-likeness (QED) is 0.886. The van der Waals surface area contributed by atoms with Crippen LogP contribution in [0.3, 0.4) is 0 Å². The second-order valence-corrected chi connectivity index (χ2v) is 5.77. The van der Waals surface area contributed by atoms with Gasteiger partial charge in [0.1, 0.15) is 5.69 Å². The molecule has 0 saturated carbocycles. The van der Waals surface area contributed by atoms with Gasteiger partial charge < -0.3 is 10.6 Å². The van der Waals surface area contributed by atoms with Crippen LogP contribution < -0.4 is 5.73 Å². The fourth-order valence-corrected chi connectivity index (χ4v) is 2.80. The normalized spacial score (nSPS) is 27.4. The van der Waals surface area contributed by atoms with Gasteiger partial charge in [0.25, 0.3) is 5.91 Å². The predicted octanol–water partition coefficient (Wildman–Crippen LogP) is 2.05. The zero-order valence-electron chi connectivity index (χ0n) is 12.0. The number of nitrogens with zero attached hydrogens (tertiary/aromatic N) is 2. The number of carbonyl (C=O) groups is 1. The molecule has 0 aromatic carbocycles. The molecule has 19 heavy (non-hydrogen) atoms. The Labute approximate surface area is 115 Å². The minimum absolute atomic E-state index is 0.0365. The Morgan fingerprint density at radius 2 is 2.16 bits per heavy atom. The van der Waals surface area contributed by atoms with Crippen LogP contribution in [-0.2, 0) is 6.54 Å². The van der Waals surface area contributed by atoms with Gasteiger partial charge in [0.15, 0.2) is 0 Å². The van der Waals surface area contributed by atoms with Crippen molar-refractivity contribution in [1.29, 1.82) is 0 Å². The average molecular weight is 261 g/mol. The maximum atomic E-state index is 12.5. The molecule has 0 radical (unpaired) electrons. The van der Waals surface area contributed by atoms with Crippen molar-refractivity contribution in [3.8, 4) is 0 Å². The molecule has 1 aliphatic heterocycles. The molecule has 0 spiro atoms. The summed E-state index contributed by atoms with van der Waals surface area (Å²) in [5.74, 6) is 1.13. The molecule has 0 bridgehead atoms. The second kappa shape index (κ2) is 5.70. The molecule has 1 aromatic heterocycles. The molecule has 3 unspecified atom stereocenters. The fourth-order valence-electron chi connectivity index (χ4n) is 2.80. The van der Waals surface area contributed by atoms with Crippen molar-refractivity contribution in [3.63, 3.8) is 0 Å². The molecular weight excluding hydrogens is 238 g/mol. The van der Waals surface area contributed by atoms with Crippen molar-refractivity contribution < 1.29 is 4.79 Å². The average Bonchev–Trinajstić information content (AvgIpc) is 2.42. The Morgan fingerprint density at radius 3 is 2.74 bits per heavy atom. The number of hydrogen-bond donors (Lipinski definition) is 1. The van der Waals surface area contributed by atoms with Crippen LogP contribution in [0.25, 0.3) is 0 Å². The minimum Gasteiger partial charge on any atom is -0.334 e. The summed E-state index contributed by atoms with van der Waals surface area (Å²) < 4.78 is 0. The van der Waals surface area contributed by atoms with E-state index in [1.54, 1.807) is 12.3 Å². The van der Waals surface area contributed by atoms with Gasteiger partial charge in [-0.3, -0.25) is 9.78 Å². The number of piperidine rings is 1. The summed E-state index contributed by atoms with van der Waals surface area (Å²) >= 11 is 0. The maximum absolute atomic E-state index is 12.5. The largest absolute Gasteiger partial charge is 0.334 e. The molecule has 4 nitrogen and oxygen atoms in total. The summed E-state index contributed by atoms with van der Waals surface area (Å²) in [5, 5.41) is 0. The first-order valence-corrected chi connectivity index (χ1v) is 6.99. The van der Waals surface area contributed by atoms with Gasteiger partial charge in [0, 0.05) is 25.3 Å². The van der Waals surface area contributed by atoms with E-state index in [9.17, 15) is 4.79 Å². The van der Waals surface area contributed by atoms with Crippen molar-refractivity contribution >= 4 is 5.91 Å². The van der Waals surface area contributed by atoms with Crippen LogP contribution in [0.4, 0.5) is 0 Å². The monoisotopic (exact) mass is 261 g/mol. The smallest absolute Gasteiger partial charge is 0.272 e. The summed E-state index contributed by atoms with van der Waals surface area (Å²) in [6.45, 7) is 7.82. The zero-order valence-corrected chi connectivity index (χ0v) is 12.0. The summed E-state index contributed by atoms with van der Waals surface area (Å²) in [4.78, 5) is 18.7. The lowest BCUT2D eigenvalue weighted by Gasteiger charge is -2.40. The zero-order chi connectivity index (χ0) is 14.0. The van der Waals surface area contributed by atoms with Crippen molar-refractivity contribution in [3.05, 3.63) is 29.6 Å². The minimum atomic E-state index is 0.0365. The van der Waals surface area contributed by atoms with Gasteiger partial charge in [-0.05, 0) is 36.8 Å². The first-order chi connectivity index (χ1) is 9.02. The molecule has 1 aliphatic rings. The number of amides is 1. The van der Waals surface area contributed by atoms with Gasteiger partial charge in [0.2, 0.25) is 0 Å². The molecule has 1 saturated heterocycles. The number of hydrogen-bond acceptors (Lipinski definition) is 3. The van der Waals surface area contributed by atoms with E-state index in [2.05, 4.69) is 25.8 Å². The molecule has 0 aliphatic carbocycles. The van der Waals surface area contributed by atoms with Gasteiger partial charge in [-0.2, -0.15) is 0 Å². The van der Waals surface area contributed by atoms with Gasteiger partial charge in [0.05, 0.1) is 0 Å². The highest BCUT2D eigenvalue weighted by Crippen LogP contribution is 2.27. The van der Waals surface area contributed by atoms with E-state index in [0.717, 1.165) is 12.1 Å². The number of nitrogens with two attached hydrogens (primary N) is 1. The number of pyridine rings is 1. The number of aromatic nitrogens is 1. The van der Waals surface area contributed by atoms with Crippen LogP contribution in [-0.4, -0.2) is 28.4 Å². The van der Waals surface area contributed by atoms with Crippen molar-refractivity contribution in [1.82, 2.24) is 9.88 Å². The Kier molecular flexibility index (Phi) is 4.20. The third-order valence-corrected chi connectivity index (χ3v) is 4.14. The Hall–Kier alpha value is -1.42. The molecule has 104 valence electrons. The first kappa shape index (κ1) is 14.0. The summed E-state index contributed by atoms with van der Waals surface area (Å²) in [6.07, 6.45) is 2.87. The van der Waals surface area contributed by atoms with E-state index in [0.29, 0.717) is 24.1 Å². The number of rotatable bonds is 2. The third kappa shape index (κ3) is 2.95. The van der Waals surface area contributed by atoms with Crippen LogP contribution in [0.1, 0.15) is 43.2 Å². The molecule has 3 atom stereocenters. The van der Waals surface area contributed by atoms with E-state index in [1.807, 2.05) is 11.0 Å². The molecule has 2 N–H and O–H groups in total. The highest BCUT2D eigenvalue weighted by molar-refractivity contribution is 5.92. The summed E-state index contributed by atoms with van der Waals surface area (Å²) in [5.41, 5.74) is 7.01. The first-order valence-electron chi connectivity index (χ1n) is 6.99. The van der Waals surface area contributed by atoms with Crippen molar-refractivity contribution in [2.24, 2.45) is 17.6 Å². The van der Waals surface area contributed by atoms with Crippen molar-refractivity contribution in [2.75, 3.05) is 6.54 Å². The molecule has 4 heteroatoms. The SMILES string of the molecule is CC1CC(C)C(C)N(C(=O)c2ccc(CN)cn2)C1. The van der Waals surface area contributed by atoms with Crippen LogP contribution >= 0.6 is 0 Å². The molecule has 2 rings (SSSR count). The highest BCUT2D eigenvalue weighted by Gasteiger charge is 2.32. The molecular formula is C15H23N3O. The molecule has 1 aromatic rings. The maximum Gasteiger partial charge on any atom is 0.272 e. The number of likely N-dealkylation sites (tertiary alicyclic amines) is 1. The molecule has 2 heterocycles. The van der Waals surface area contributed by atoms with Gasteiger partial charge >= 0.3 is 0 Å². The van der Waals surface area contributed by atoms with E-state index >= 15 is 0 Å². The highest BCUT2D eigenvalue weighted by atomic mass is 16.2. The lowest BCUT2D eigenvalue weighted by atomic mass is 9.86. The predicted molar refractivity (Wildman–Crippen MR) is 75.6 cm³/mol. The topological polar surface area (TPSA) is 59.2 Å². The van der Waals surface area contributed by atoms with Crippen LogP contribution in [0.15, 0.2) is 18.3 Å². The van der Waals surface area contributed by atoms with Gasteiger partial charge in [-0.1, -0.05) is 19.9 Å². The Morgan fingerprint density at radius 1 is 1.42 bits per heavy atom. The van der Waals surface area contributed by atoms with Crippen LogP contribution in [0.5, 0.6) is 0 Å². The van der Waals surface area contributed by atoms with Gasteiger partial charge in [-0.15, -0.1) is 0 Å². The molecule has 1 amide bonds. The Balaban J connectivity index is 2.17. The summed E-state index contributed by atoms with van der Waals surface area (Å²) in [7, 11) is 0. The summed E-state index contributed by atoms with van der Waals surface area (Å²) in [6, 6.07) is 3.93.